The largest absolute Gasteiger partial charge is 0.497 e. The molecule has 0 unspecified atom stereocenters. The minimum atomic E-state index is -3.50. The minimum Gasteiger partial charge on any atom is -0.497 e. The monoisotopic (exact) mass is 292 g/mol. The van der Waals surface area contributed by atoms with E-state index in [9.17, 15) is 8.42 Å². The van der Waals surface area contributed by atoms with Crippen LogP contribution < -0.4 is 15.2 Å². The fourth-order valence-electron chi connectivity index (χ4n) is 1.75. The summed E-state index contributed by atoms with van der Waals surface area (Å²) >= 11 is 0. The van der Waals surface area contributed by atoms with Crippen LogP contribution in [0.4, 0.5) is 11.4 Å². The quantitative estimate of drug-likeness (QED) is 0.828. The maximum absolute atomic E-state index is 12.1. The summed E-state index contributed by atoms with van der Waals surface area (Å²) in [5.74, 6) is 0.506. The van der Waals surface area contributed by atoms with Crippen molar-refractivity contribution < 1.29 is 13.2 Å². The second kappa shape index (κ2) is 5.83. The molecule has 6 heteroatoms. The average molecular weight is 292 g/mol. The lowest BCUT2D eigenvalue weighted by Crippen LogP contribution is -2.15. The number of sulfonamides is 1. The minimum absolute atomic E-state index is 0.161. The zero-order valence-corrected chi connectivity index (χ0v) is 11.9. The number of nitrogens with one attached hydrogen (secondary N) is 1. The molecule has 2 aromatic rings. The third-order valence-electron chi connectivity index (χ3n) is 2.76. The highest BCUT2D eigenvalue weighted by molar-refractivity contribution is 7.91. The highest BCUT2D eigenvalue weighted by Gasteiger charge is 2.13. The van der Waals surface area contributed by atoms with Crippen LogP contribution in [0.3, 0.4) is 0 Å². The number of methoxy groups -OCH3 is 1. The van der Waals surface area contributed by atoms with Gasteiger partial charge in [-0.2, -0.15) is 0 Å². The van der Waals surface area contributed by atoms with Crippen molar-refractivity contribution >= 4 is 21.4 Å². The Bertz CT molecular complexity index is 682. The second-order valence-corrected chi connectivity index (χ2v) is 6.01. The maximum atomic E-state index is 12.1. The zero-order valence-electron chi connectivity index (χ0n) is 11.0. The van der Waals surface area contributed by atoms with Gasteiger partial charge in [-0.1, -0.05) is 18.2 Å². The van der Waals surface area contributed by atoms with Crippen molar-refractivity contribution in [2.24, 2.45) is 0 Å². The average Bonchev–Trinajstić information content (AvgIpc) is 2.41. The number of nitrogen functional groups attached to an aromatic ring is 1. The van der Waals surface area contributed by atoms with E-state index in [0.717, 1.165) is 0 Å². The van der Waals surface area contributed by atoms with Gasteiger partial charge in [-0.05, 0) is 35.9 Å². The van der Waals surface area contributed by atoms with Crippen molar-refractivity contribution in [3.63, 3.8) is 0 Å². The molecular formula is C14H16N2O3S. The number of benzene rings is 2. The smallest absolute Gasteiger partial charge is 0.236 e. The molecule has 0 spiro atoms. The molecule has 0 saturated carbocycles. The van der Waals surface area contributed by atoms with Crippen LogP contribution in [0.2, 0.25) is 0 Å². The van der Waals surface area contributed by atoms with Gasteiger partial charge in [0.25, 0.3) is 0 Å². The van der Waals surface area contributed by atoms with Gasteiger partial charge in [0.1, 0.15) is 5.75 Å². The molecule has 20 heavy (non-hydrogen) atoms. The molecule has 0 aliphatic rings. The molecule has 106 valence electrons. The summed E-state index contributed by atoms with van der Waals surface area (Å²) < 4.78 is 31.7. The highest BCUT2D eigenvalue weighted by atomic mass is 32.2. The Morgan fingerprint density at radius 1 is 1.10 bits per heavy atom. The van der Waals surface area contributed by atoms with Gasteiger partial charge in [0, 0.05) is 11.4 Å². The van der Waals surface area contributed by atoms with Crippen LogP contribution in [0.15, 0.2) is 48.5 Å². The van der Waals surface area contributed by atoms with E-state index in [0.29, 0.717) is 22.7 Å². The number of ether oxygens (including phenoxy) is 1. The van der Waals surface area contributed by atoms with E-state index < -0.39 is 10.0 Å². The van der Waals surface area contributed by atoms with Gasteiger partial charge in [0.15, 0.2) is 0 Å². The molecule has 0 aliphatic carbocycles. The summed E-state index contributed by atoms with van der Waals surface area (Å²) in [6.07, 6.45) is 0. The first kappa shape index (κ1) is 14.2. The summed E-state index contributed by atoms with van der Waals surface area (Å²) in [4.78, 5) is 0. The highest BCUT2D eigenvalue weighted by Crippen LogP contribution is 2.19. The van der Waals surface area contributed by atoms with Crippen molar-refractivity contribution in [1.29, 1.82) is 0 Å². The lowest BCUT2D eigenvalue weighted by Gasteiger charge is -2.10. The number of para-hydroxylation sites is 1. The van der Waals surface area contributed by atoms with Crippen LogP contribution in [0.1, 0.15) is 5.56 Å². The van der Waals surface area contributed by atoms with Crippen molar-refractivity contribution in [3.05, 3.63) is 54.1 Å². The van der Waals surface area contributed by atoms with Crippen LogP contribution in [0.5, 0.6) is 5.75 Å². The summed E-state index contributed by atoms with van der Waals surface area (Å²) in [5.41, 5.74) is 7.28. The molecule has 0 atom stereocenters. The van der Waals surface area contributed by atoms with E-state index >= 15 is 0 Å². The van der Waals surface area contributed by atoms with Gasteiger partial charge in [0.2, 0.25) is 10.0 Å². The van der Waals surface area contributed by atoms with Gasteiger partial charge in [-0.25, -0.2) is 8.42 Å². The number of hydrogen-bond acceptors (Lipinski definition) is 4. The summed E-state index contributed by atoms with van der Waals surface area (Å²) in [6, 6.07) is 13.6. The third-order valence-corrected chi connectivity index (χ3v) is 4.00. The van der Waals surface area contributed by atoms with Gasteiger partial charge in [-0.15, -0.1) is 0 Å². The molecular weight excluding hydrogens is 276 g/mol. The van der Waals surface area contributed by atoms with Crippen molar-refractivity contribution in [3.8, 4) is 5.75 Å². The first-order valence-electron chi connectivity index (χ1n) is 5.98. The number of nitrogens with two attached hydrogens (primary N) is 1. The van der Waals surface area contributed by atoms with E-state index in [1.165, 1.54) is 0 Å². The molecule has 0 bridgehead atoms. The Labute approximate surface area is 118 Å². The molecule has 0 aliphatic heterocycles. The lowest BCUT2D eigenvalue weighted by molar-refractivity contribution is 0.415. The molecule has 0 heterocycles. The van der Waals surface area contributed by atoms with E-state index in [2.05, 4.69) is 4.72 Å². The normalized spacial score (nSPS) is 11.1. The van der Waals surface area contributed by atoms with Crippen LogP contribution in [0, 0.1) is 0 Å². The molecule has 5 nitrogen and oxygen atoms in total. The Morgan fingerprint density at radius 3 is 2.35 bits per heavy atom. The summed E-state index contributed by atoms with van der Waals surface area (Å²) in [6.45, 7) is 0. The molecule has 0 aromatic heterocycles. The summed E-state index contributed by atoms with van der Waals surface area (Å²) in [7, 11) is -1.95. The SMILES string of the molecule is COc1ccc(NS(=O)(=O)Cc2ccccc2N)cc1. The van der Waals surface area contributed by atoms with E-state index in [4.69, 9.17) is 10.5 Å². The van der Waals surface area contributed by atoms with Gasteiger partial charge < -0.3 is 10.5 Å². The molecule has 0 amide bonds. The fraction of sp³-hybridized carbons (Fsp3) is 0.143. The molecule has 2 rings (SSSR count). The van der Waals surface area contributed by atoms with Gasteiger partial charge in [-0.3, -0.25) is 4.72 Å². The summed E-state index contributed by atoms with van der Waals surface area (Å²) in [5, 5.41) is 0. The third kappa shape index (κ3) is 3.64. The van der Waals surface area contributed by atoms with E-state index in [1.54, 1.807) is 55.6 Å². The van der Waals surface area contributed by atoms with E-state index in [1.807, 2.05) is 0 Å². The standard InChI is InChI=1S/C14H16N2O3S/c1-19-13-8-6-12(7-9-13)16-20(17,18)10-11-4-2-3-5-14(11)15/h2-9,16H,10,15H2,1H3. The zero-order chi connectivity index (χ0) is 14.6. The number of anilines is 2. The Hall–Kier alpha value is -2.21. The van der Waals surface area contributed by atoms with Crippen molar-refractivity contribution in [2.75, 3.05) is 17.6 Å². The maximum Gasteiger partial charge on any atom is 0.236 e. The predicted octanol–water partition coefficient (Wildman–Crippen LogP) is 2.22. The molecule has 2 aromatic carbocycles. The predicted molar refractivity (Wildman–Crippen MR) is 80.1 cm³/mol. The Kier molecular flexibility index (Phi) is 4.14. The van der Waals surface area contributed by atoms with Crippen molar-refractivity contribution in [2.45, 2.75) is 5.75 Å². The molecule has 0 fully saturated rings. The van der Waals surface area contributed by atoms with Gasteiger partial charge >= 0.3 is 0 Å². The van der Waals surface area contributed by atoms with Crippen LogP contribution in [-0.4, -0.2) is 15.5 Å². The fourth-order valence-corrected chi connectivity index (χ4v) is 2.98. The lowest BCUT2D eigenvalue weighted by atomic mass is 10.2. The van der Waals surface area contributed by atoms with E-state index in [-0.39, 0.29) is 5.75 Å². The van der Waals surface area contributed by atoms with Gasteiger partial charge in [0.05, 0.1) is 12.9 Å². The Morgan fingerprint density at radius 2 is 1.75 bits per heavy atom. The first-order valence-corrected chi connectivity index (χ1v) is 7.63. The van der Waals surface area contributed by atoms with Crippen molar-refractivity contribution in [1.82, 2.24) is 0 Å². The Balaban J connectivity index is 2.13. The molecule has 0 saturated heterocycles. The first-order chi connectivity index (χ1) is 9.50. The topological polar surface area (TPSA) is 81.4 Å². The van der Waals surface area contributed by atoms with Crippen LogP contribution >= 0.6 is 0 Å². The second-order valence-electron chi connectivity index (χ2n) is 4.29. The van der Waals surface area contributed by atoms with Crippen LogP contribution in [0.25, 0.3) is 0 Å². The molecule has 3 N–H and O–H groups in total. The number of rotatable bonds is 5. The van der Waals surface area contributed by atoms with Crippen LogP contribution in [-0.2, 0) is 15.8 Å². The molecule has 0 radical (unpaired) electrons. The number of hydrogen-bond donors (Lipinski definition) is 2.